The van der Waals surface area contributed by atoms with Gasteiger partial charge in [-0.2, -0.15) is 0 Å². The standard InChI is InChI=1S/C54H105NO5/c1-3-5-7-9-11-13-15-17-19-20-21-23-24-26-30-34-38-42-46-52(57)51(50-56)55-53(58)47-43-39-35-31-28-29-33-37-41-45-49-60-54(59)48-44-40-36-32-27-25-22-18-16-14-12-10-8-6-4-2/h18,22,51-52,56-57H,3-17,19-21,23-50H2,1-2H3,(H,55,58)/b22-18-. The van der Waals surface area contributed by atoms with E-state index in [9.17, 15) is 19.8 Å². The number of allylic oxidation sites excluding steroid dienone is 2. The number of nitrogens with one attached hydrogen (secondary N) is 1. The summed E-state index contributed by atoms with van der Waals surface area (Å²) < 4.78 is 5.45. The van der Waals surface area contributed by atoms with Crippen molar-refractivity contribution in [3.8, 4) is 0 Å². The molecule has 0 bridgehead atoms. The zero-order valence-electron chi connectivity index (χ0n) is 40.5. The summed E-state index contributed by atoms with van der Waals surface area (Å²) in [7, 11) is 0. The van der Waals surface area contributed by atoms with E-state index in [0.29, 0.717) is 25.9 Å². The van der Waals surface area contributed by atoms with Gasteiger partial charge in [0.05, 0.1) is 25.4 Å². The van der Waals surface area contributed by atoms with Crippen LogP contribution >= 0.6 is 0 Å². The predicted octanol–water partition coefficient (Wildman–Crippen LogP) is 16.1. The van der Waals surface area contributed by atoms with E-state index in [-0.39, 0.29) is 18.5 Å². The number of amides is 1. The predicted molar refractivity (Wildman–Crippen MR) is 260 cm³/mol. The molecule has 1 amide bonds. The maximum absolute atomic E-state index is 12.5. The van der Waals surface area contributed by atoms with Crippen molar-refractivity contribution in [3.05, 3.63) is 12.2 Å². The zero-order valence-corrected chi connectivity index (χ0v) is 40.5. The summed E-state index contributed by atoms with van der Waals surface area (Å²) in [5, 5.41) is 23.3. The van der Waals surface area contributed by atoms with E-state index in [4.69, 9.17) is 4.74 Å². The van der Waals surface area contributed by atoms with E-state index in [1.165, 1.54) is 205 Å². The van der Waals surface area contributed by atoms with Crippen LogP contribution in [0.25, 0.3) is 0 Å². The summed E-state index contributed by atoms with van der Waals surface area (Å²) >= 11 is 0. The highest BCUT2D eigenvalue weighted by atomic mass is 16.5. The Morgan fingerprint density at radius 2 is 0.783 bits per heavy atom. The summed E-state index contributed by atoms with van der Waals surface area (Å²) in [6, 6.07) is -0.558. The highest BCUT2D eigenvalue weighted by Crippen LogP contribution is 2.17. The molecule has 356 valence electrons. The Balaban J connectivity index is 3.48. The van der Waals surface area contributed by atoms with Gasteiger partial charge >= 0.3 is 5.97 Å². The lowest BCUT2D eigenvalue weighted by atomic mass is 10.0. The number of rotatable bonds is 50. The molecular formula is C54H105NO5. The second kappa shape index (κ2) is 50.2. The number of carbonyl (C=O) groups excluding carboxylic acids is 2. The van der Waals surface area contributed by atoms with Crippen molar-refractivity contribution in [2.45, 2.75) is 309 Å². The minimum atomic E-state index is -0.679. The van der Waals surface area contributed by atoms with Crippen LogP contribution in [0.2, 0.25) is 0 Å². The molecule has 60 heavy (non-hydrogen) atoms. The molecule has 0 rings (SSSR count). The third-order valence-corrected chi connectivity index (χ3v) is 12.6. The third kappa shape index (κ3) is 46.1. The average molecular weight is 848 g/mol. The van der Waals surface area contributed by atoms with Crippen molar-refractivity contribution in [1.29, 1.82) is 0 Å². The van der Waals surface area contributed by atoms with Gasteiger partial charge in [-0.15, -0.1) is 0 Å². The highest BCUT2D eigenvalue weighted by molar-refractivity contribution is 5.76. The Morgan fingerprint density at radius 3 is 1.18 bits per heavy atom. The molecule has 6 nitrogen and oxygen atoms in total. The molecule has 0 aliphatic rings. The van der Waals surface area contributed by atoms with Crippen molar-refractivity contribution in [3.63, 3.8) is 0 Å². The van der Waals surface area contributed by atoms with Crippen LogP contribution in [0.15, 0.2) is 12.2 Å². The quantitative estimate of drug-likeness (QED) is 0.0322. The molecule has 2 atom stereocenters. The molecule has 3 N–H and O–H groups in total. The van der Waals surface area contributed by atoms with Gasteiger partial charge in [0.15, 0.2) is 0 Å². The Bertz CT molecular complexity index is 893. The van der Waals surface area contributed by atoms with E-state index in [1.807, 2.05) is 0 Å². The van der Waals surface area contributed by atoms with Crippen LogP contribution in [-0.4, -0.2) is 47.4 Å². The summed E-state index contributed by atoms with van der Waals surface area (Å²) in [5.41, 5.74) is 0. The highest BCUT2D eigenvalue weighted by Gasteiger charge is 2.20. The van der Waals surface area contributed by atoms with Crippen LogP contribution in [-0.2, 0) is 14.3 Å². The lowest BCUT2D eigenvalue weighted by Crippen LogP contribution is -2.45. The fraction of sp³-hybridized carbons (Fsp3) is 0.926. The van der Waals surface area contributed by atoms with E-state index in [2.05, 4.69) is 31.3 Å². The normalized spacial score (nSPS) is 12.7. The lowest BCUT2D eigenvalue weighted by molar-refractivity contribution is -0.143. The summed E-state index contributed by atoms with van der Waals surface area (Å²) in [5.74, 6) is -0.0818. The van der Waals surface area contributed by atoms with Gasteiger partial charge in [-0.3, -0.25) is 9.59 Å². The third-order valence-electron chi connectivity index (χ3n) is 12.6. The van der Waals surface area contributed by atoms with Gasteiger partial charge in [0.1, 0.15) is 0 Å². The van der Waals surface area contributed by atoms with E-state index in [0.717, 1.165) is 57.8 Å². The van der Waals surface area contributed by atoms with Crippen molar-refractivity contribution in [1.82, 2.24) is 5.32 Å². The molecule has 0 saturated heterocycles. The van der Waals surface area contributed by atoms with Crippen molar-refractivity contribution in [2.24, 2.45) is 0 Å². The number of esters is 1. The summed E-state index contributed by atoms with van der Waals surface area (Å²) in [6.07, 6.45) is 57.5. The van der Waals surface area contributed by atoms with Crippen LogP contribution in [0.3, 0.4) is 0 Å². The molecule has 0 saturated carbocycles. The second-order valence-electron chi connectivity index (χ2n) is 18.6. The molecule has 6 heteroatoms. The van der Waals surface area contributed by atoms with Crippen LogP contribution < -0.4 is 5.32 Å². The summed E-state index contributed by atoms with van der Waals surface area (Å²) in [6.45, 7) is 4.91. The topological polar surface area (TPSA) is 95.9 Å². The maximum atomic E-state index is 12.5. The maximum Gasteiger partial charge on any atom is 0.305 e. The van der Waals surface area contributed by atoms with Gasteiger partial charge in [-0.25, -0.2) is 0 Å². The van der Waals surface area contributed by atoms with Gasteiger partial charge in [0, 0.05) is 12.8 Å². The zero-order chi connectivity index (χ0) is 43.7. The molecule has 0 aromatic rings. The largest absolute Gasteiger partial charge is 0.466 e. The second-order valence-corrected chi connectivity index (χ2v) is 18.6. The monoisotopic (exact) mass is 848 g/mol. The number of carbonyl (C=O) groups is 2. The first kappa shape index (κ1) is 58.6. The van der Waals surface area contributed by atoms with Crippen molar-refractivity contribution >= 4 is 11.9 Å². The molecule has 0 spiro atoms. The minimum absolute atomic E-state index is 0.0260. The number of aliphatic hydroxyl groups excluding tert-OH is 2. The van der Waals surface area contributed by atoms with E-state index in [1.54, 1.807) is 0 Å². The SMILES string of the molecule is CCCCCCCC/C=C\CCCCCCCC(=O)OCCCCCCCCCCCCC(=O)NC(CO)C(O)CCCCCCCCCCCCCCCCCCCC. The number of hydrogen-bond acceptors (Lipinski definition) is 5. The minimum Gasteiger partial charge on any atom is -0.466 e. The molecule has 0 radical (unpaired) electrons. The van der Waals surface area contributed by atoms with Gasteiger partial charge in [-0.1, -0.05) is 244 Å². The molecule has 0 aliphatic heterocycles. The first-order valence-corrected chi connectivity index (χ1v) is 26.9. The average Bonchev–Trinajstić information content (AvgIpc) is 3.25. The van der Waals surface area contributed by atoms with Crippen LogP contribution in [0, 0.1) is 0 Å². The Morgan fingerprint density at radius 1 is 0.450 bits per heavy atom. The molecular weight excluding hydrogens is 743 g/mol. The van der Waals surface area contributed by atoms with Gasteiger partial charge < -0.3 is 20.3 Å². The molecule has 0 aromatic heterocycles. The Labute approximate surface area is 374 Å². The first-order valence-electron chi connectivity index (χ1n) is 26.9. The van der Waals surface area contributed by atoms with Gasteiger partial charge in [0.25, 0.3) is 0 Å². The molecule has 0 aliphatic carbocycles. The molecule has 0 heterocycles. The van der Waals surface area contributed by atoms with E-state index < -0.39 is 12.1 Å². The van der Waals surface area contributed by atoms with Crippen LogP contribution in [0.5, 0.6) is 0 Å². The van der Waals surface area contributed by atoms with Crippen LogP contribution in [0.4, 0.5) is 0 Å². The number of hydrogen-bond donors (Lipinski definition) is 3. The lowest BCUT2D eigenvalue weighted by Gasteiger charge is -2.22. The fourth-order valence-electron chi connectivity index (χ4n) is 8.40. The fourth-order valence-corrected chi connectivity index (χ4v) is 8.40. The number of unbranched alkanes of at least 4 members (excludes halogenated alkanes) is 37. The van der Waals surface area contributed by atoms with Crippen LogP contribution in [0.1, 0.15) is 296 Å². The molecule has 2 unspecified atom stereocenters. The van der Waals surface area contributed by atoms with Gasteiger partial charge in [-0.05, 0) is 51.4 Å². The number of ether oxygens (including phenoxy) is 1. The molecule has 0 fully saturated rings. The van der Waals surface area contributed by atoms with Crippen molar-refractivity contribution < 1.29 is 24.5 Å². The van der Waals surface area contributed by atoms with E-state index >= 15 is 0 Å². The number of aliphatic hydroxyl groups is 2. The molecule has 0 aromatic carbocycles. The van der Waals surface area contributed by atoms with Gasteiger partial charge in [0.2, 0.25) is 5.91 Å². The Hall–Kier alpha value is -1.40. The summed E-state index contributed by atoms with van der Waals surface area (Å²) in [4.78, 5) is 24.5. The first-order chi connectivity index (χ1) is 29.5. The Kier molecular flexibility index (Phi) is 49.1. The smallest absolute Gasteiger partial charge is 0.305 e. The van der Waals surface area contributed by atoms with Crippen molar-refractivity contribution in [2.75, 3.05) is 13.2 Å².